The van der Waals surface area contributed by atoms with Crippen LogP contribution in [0.2, 0.25) is 0 Å². The predicted octanol–water partition coefficient (Wildman–Crippen LogP) is 6.17. The summed E-state index contributed by atoms with van der Waals surface area (Å²) in [6.45, 7) is 4.85. The number of thiophene rings is 1. The van der Waals surface area contributed by atoms with Gasteiger partial charge in [-0.25, -0.2) is 18.7 Å². The monoisotopic (exact) mass is 567 g/mol. The maximum atomic E-state index is 15.4. The number of carbonyl (C=O) groups excluding carboxylic acids is 1. The molecule has 2 aliphatic rings. The van der Waals surface area contributed by atoms with Crippen molar-refractivity contribution in [2.75, 3.05) is 6.54 Å². The number of carboxylic acids is 1. The third-order valence-electron chi connectivity index (χ3n) is 8.35. The van der Waals surface area contributed by atoms with Crippen LogP contribution in [0.15, 0.2) is 60.1 Å². The number of nitrogens with zero attached hydrogens (tertiary/aromatic N) is 5. The van der Waals surface area contributed by atoms with Gasteiger partial charge in [-0.05, 0) is 73.5 Å². The zero-order valence-electron chi connectivity index (χ0n) is 22.5. The van der Waals surface area contributed by atoms with Crippen LogP contribution in [-0.4, -0.2) is 48.0 Å². The van der Waals surface area contributed by atoms with Crippen molar-refractivity contribution in [2.45, 2.75) is 44.6 Å². The minimum Gasteiger partial charge on any atom is -0.478 e. The van der Waals surface area contributed by atoms with Crippen LogP contribution in [0.1, 0.15) is 69.7 Å². The molecular formula is C31H26FN5O3S. The van der Waals surface area contributed by atoms with Gasteiger partial charge in [0.15, 0.2) is 5.65 Å². The number of fused-ring (bicyclic) bond motifs is 2. The standard InChI is InChI=1S/C31H26FN5O3S/c1-17-20-8-12-41-26(20)7-11-36(17)29(38)25-14-27(31(2)9-10-31)37-28(34-25)15-24(35-37)21-5-3-18(13-22(21)32)23-6-4-19(16-33-23)30(39)40/h3-6,8,12-17H,7,9-11H2,1-2H3,(H,39,40). The minimum absolute atomic E-state index is 0.0293. The highest BCUT2D eigenvalue weighted by Crippen LogP contribution is 2.48. The van der Waals surface area contributed by atoms with E-state index in [0.717, 1.165) is 25.0 Å². The third kappa shape index (κ3) is 4.30. The smallest absolute Gasteiger partial charge is 0.337 e. The van der Waals surface area contributed by atoms with Crippen LogP contribution in [0.3, 0.4) is 0 Å². The molecule has 1 atom stereocenters. The molecule has 1 aliphatic heterocycles. The molecule has 206 valence electrons. The summed E-state index contributed by atoms with van der Waals surface area (Å²) in [4.78, 5) is 37.0. The van der Waals surface area contributed by atoms with Crippen molar-refractivity contribution in [2.24, 2.45) is 0 Å². The molecule has 1 amide bonds. The van der Waals surface area contributed by atoms with Gasteiger partial charge >= 0.3 is 5.97 Å². The molecule has 1 saturated carbocycles. The minimum atomic E-state index is -1.07. The quantitative estimate of drug-likeness (QED) is 0.273. The predicted molar refractivity (Wildman–Crippen MR) is 153 cm³/mol. The second kappa shape index (κ2) is 9.31. The van der Waals surface area contributed by atoms with Gasteiger partial charge in [0.05, 0.1) is 28.7 Å². The Morgan fingerprint density at radius 2 is 1.93 bits per heavy atom. The normalized spacial score (nSPS) is 17.4. The van der Waals surface area contributed by atoms with E-state index in [4.69, 9.17) is 15.2 Å². The van der Waals surface area contributed by atoms with Crippen molar-refractivity contribution < 1.29 is 19.1 Å². The van der Waals surface area contributed by atoms with E-state index in [9.17, 15) is 9.59 Å². The maximum Gasteiger partial charge on any atom is 0.337 e. The fourth-order valence-electron chi connectivity index (χ4n) is 5.60. The molecule has 1 unspecified atom stereocenters. The molecule has 10 heteroatoms. The SMILES string of the molecule is CC1c2ccsc2CCN1C(=O)c1cc(C2(C)CC2)n2nc(-c3ccc(-c4ccc(C(=O)O)cn4)cc3F)cc2n1. The van der Waals surface area contributed by atoms with E-state index < -0.39 is 11.8 Å². The van der Waals surface area contributed by atoms with Crippen LogP contribution in [0.4, 0.5) is 4.39 Å². The number of aromatic nitrogens is 4. The summed E-state index contributed by atoms with van der Waals surface area (Å²) in [7, 11) is 0. The molecule has 1 aliphatic carbocycles. The molecular weight excluding hydrogens is 541 g/mol. The van der Waals surface area contributed by atoms with Crippen LogP contribution in [0.5, 0.6) is 0 Å². The Morgan fingerprint density at radius 1 is 1.10 bits per heavy atom. The number of hydrogen-bond donors (Lipinski definition) is 1. The number of benzene rings is 1. The number of pyridine rings is 1. The molecule has 0 saturated heterocycles. The van der Waals surface area contributed by atoms with Crippen molar-refractivity contribution in [3.8, 4) is 22.5 Å². The van der Waals surface area contributed by atoms with E-state index in [-0.39, 0.29) is 22.9 Å². The Kier molecular flexibility index (Phi) is 5.79. The zero-order chi connectivity index (χ0) is 28.5. The van der Waals surface area contributed by atoms with Crippen molar-refractivity contribution in [3.63, 3.8) is 0 Å². The van der Waals surface area contributed by atoms with Gasteiger partial charge in [0.2, 0.25) is 0 Å². The average molecular weight is 568 g/mol. The molecule has 5 aromatic rings. The lowest BCUT2D eigenvalue weighted by molar-refractivity contribution is 0.0670. The second-order valence-corrected chi connectivity index (χ2v) is 12.0. The van der Waals surface area contributed by atoms with Gasteiger partial charge in [0.1, 0.15) is 11.5 Å². The van der Waals surface area contributed by atoms with E-state index in [1.165, 1.54) is 28.8 Å². The second-order valence-electron chi connectivity index (χ2n) is 11.0. The molecule has 0 spiro atoms. The lowest BCUT2D eigenvalue weighted by atomic mass is 10.00. The molecule has 5 heterocycles. The average Bonchev–Trinajstić information content (AvgIpc) is 3.34. The maximum absolute atomic E-state index is 15.4. The number of carboxylic acid groups (broad SMARTS) is 1. The summed E-state index contributed by atoms with van der Waals surface area (Å²) in [6.07, 6.45) is 4.04. The first-order valence-electron chi connectivity index (χ1n) is 13.5. The highest BCUT2D eigenvalue weighted by molar-refractivity contribution is 7.10. The van der Waals surface area contributed by atoms with Crippen LogP contribution in [0, 0.1) is 5.82 Å². The van der Waals surface area contributed by atoms with Gasteiger partial charge in [0.25, 0.3) is 5.91 Å². The zero-order valence-corrected chi connectivity index (χ0v) is 23.3. The summed E-state index contributed by atoms with van der Waals surface area (Å²) in [5.74, 6) is -1.67. The van der Waals surface area contributed by atoms with Gasteiger partial charge in [0, 0.05) is 40.2 Å². The highest BCUT2D eigenvalue weighted by atomic mass is 32.1. The Balaban J connectivity index is 1.25. The molecule has 8 nitrogen and oxygen atoms in total. The Labute approximate surface area is 239 Å². The summed E-state index contributed by atoms with van der Waals surface area (Å²) in [5.41, 5.74) is 4.63. The largest absolute Gasteiger partial charge is 0.478 e. The Hall–Kier alpha value is -4.44. The molecule has 1 fully saturated rings. The van der Waals surface area contributed by atoms with Gasteiger partial charge < -0.3 is 10.0 Å². The van der Waals surface area contributed by atoms with Crippen molar-refractivity contribution in [1.82, 2.24) is 24.5 Å². The first-order valence-corrected chi connectivity index (χ1v) is 14.4. The topological polar surface area (TPSA) is 101 Å². The Morgan fingerprint density at radius 3 is 2.63 bits per heavy atom. The van der Waals surface area contributed by atoms with Gasteiger partial charge in [-0.15, -0.1) is 11.3 Å². The number of carbonyl (C=O) groups is 2. The Bertz CT molecular complexity index is 1860. The van der Waals surface area contributed by atoms with E-state index in [2.05, 4.69) is 30.3 Å². The fourth-order valence-corrected chi connectivity index (χ4v) is 6.56. The van der Waals surface area contributed by atoms with Crippen molar-refractivity contribution in [3.05, 3.63) is 93.3 Å². The molecule has 41 heavy (non-hydrogen) atoms. The summed E-state index contributed by atoms with van der Waals surface area (Å²) >= 11 is 1.74. The van der Waals surface area contributed by atoms with Crippen LogP contribution in [0.25, 0.3) is 28.2 Å². The number of amides is 1. The lowest BCUT2D eigenvalue weighted by Gasteiger charge is -2.33. The van der Waals surface area contributed by atoms with E-state index >= 15 is 4.39 Å². The summed E-state index contributed by atoms with van der Waals surface area (Å²) < 4.78 is 17.2. The van der Waals surface area contributed by atoms with Crippen molar-refractivity contribution >= 4 is 28.9 Å². The summed E-state index contributed by atoms with van der Waals surface area (Å²) in [5, 5.41) is 15.9. The molecule has 1 aromatic carbocycles. The molecule has 1 N–H and O–H groups in total. The van der Waals surface area contributed by atoms with Gasteiger partial charge in [-0.3, -0.25) is 9.78 Å². The highest BCUT2D eigenvalue weighted by Gasteiger charge is 2.42. The van der Waals surface area contributed by atoms with E-state index in [0.29, 0.717) is 40.4 Å². The first-order chi connectivity index (χ1) is 19.7. The third-order valence-corrected chi connectivity index (χ3v) is 9.35. The molecule has 4 aromatic heterocycles. The fraction of sp³-hybridized carbons (Fsp3) is 0.258. The van der Waals surface area contributed by atoms with Crippen LogP contribution >= 0.6 is 11.3 Å². The van der Waals surface area contributed by atoms with Crippen LogP contribution in [-0.2, 0) is 11.8 Å². The molecule has 0 bridgehead atoms. The van der Waals surface area contributed by atoms with Crippen molar-refractivity contribution in [1.29, 1.82) is 0 Å². The number of rotatable bonds is 5. The number of halogens is 1. The summed E-state index contributed by atoms with van der Waals surface area (Å²) in [6, 6.07) is 13.4. The number of hydrogen-bond acceptors (Lipinski definition) is 6. The molecule has 7 rings (SSSR count). The van der Waals surface area contributed by atoms with Gasteiger partial charge in [-0.1, -0.05) is 13.0 Å². The lowest BCUT2D eigenvalue weighted by Crippen LogP contribution is -2.38. The molecule has 0 radical (unpaired) electrons. The first kappa shape index (κ1) is 25.5. The number of aromatic carboxylic acids is 1. The van der Waals surface area contributed by atoms with E-state index in [1.807, 2.05) is 11.0 Å². The van der Waals surface area contributed by atoms with E-state index in [1.54, 1.807) is 40.1 Å². The van der Waals surface area contributed by atoms with Crippen LogP contribution < -0.4 is 0 Å². The van der Waals surface area contributed by atoms with Gasteiger partial charge in [-0.2, -0.15) is 5.10 Å².